The number of benzene rings is 1. The van der Waals surface area contributed by atoms with Crippen LogP contribution in [0, 0.1) is 12.7 Å². The van der Waals surface area contributed by atoms with Gasteiger partial charge in [-0.05, 0) is 31.7 Å². The second-order valence-corrected chi connectivity index (χ2v) is 3.49. The molecule has 1 N–H and O–H groups in total. The summed E-state index contributed by atoms with van der Waals surface area (Å²) in [5.74, 6) is -0.284. The summed E-state index contributed by atoms with van der Waals surface area (Å²) in [6, 6.07) is 3.08. The van der Waals surface area contributed by atoms with Gasteiger partial charge in [-0.3, -0.25) is 0 Å². The maximum Gasteiger partial charge on any atom is 0.131 e. The van der Waals surface area contributed by atoms with Gasteiger partial charge >= 0.3 is 0 Å². The fraction of sp³-hybridized carbons (Fsp3) is 0.273. The smallest absolute Gasteiger partial charge is 0.131 e. The van der Waals surface area contributed by atoms with Crippen LogP contribution in [0.4, 0.5) is 4.39 Å². The molecule has 0 spiro atoms. The van der Waals surface area contributed by atoms with Crippen molar-refractivity contribution >= 4 is 17.7 Å². The van der Waals surface area contributed by atoms with Crippen LogP contribution in [0.1, 0.15) is 11.1 Å². The van der Waals surface area contributed by atoms with Crippen molar-refractivity contribution in [3.05, 3.63) is 40.2 Å². The number of halogens is 2. The topological polar surface area (TPSA) is 12.0 Å². The van der Waals surface area contributed by atoms with Crippen molar-refractivity contribution in [3.63, 3.8) is 0 Å². The lowest BCUT2D eigenvalue weighted by atomic mass is 10.1. The number of aryl methyl sites for hydroxylation is 1. The lowest BCUT2D eigenvalue weighted by molar-refractivity contribution is 0.624. The Morgan fingerprint density at radius 3 is 2.86 bits per heavy atom. The molecule has 3 heteroatoms. The molecule has 0 bridgehead atoms. The number of rotatable bonds is 3. The third-order valence-corrected chi connectivity index (χ3v) is 2.30. The van der Waals surface area contributed by atoms with E-state index in [0.29, 0.717) is 10.6 Å². The first kappa shape index (κ1) is 11.2. The first-order chi connectivity index (χ1) is 6.65. The predicted molar refractivity (Wildman–Crippen MR) is 59.1 cm³/mol. The molecule has 1 nitrogen and oxygen atoms in total. The fourth-order valence-corrected chi connectivity index (χ4v) is 1.26. The number of likely N-dealkylation sites (N-methyl/N-ethyl adjacent to an activating group) is 1. The van der Waals surface area contributed by atoms with Crippen molar-refractivity contribution in [2.45, 2.75) is 6.92 Å². The molecule has 0 saturated heterocycles. The summed E-state index contributed by atoms with van der Waals surface area (Å²) in [6.45, 7) is 2.58. The highest BCUT2D eigenvalue weighted by molar-refractivity contribution is 6.31. The quantitative estimate of drug-likeness (QED) is 0.814. The Hall–Kier alpha value is -0.860. The Labute approximate surface area is 88.6 Å². The number of hydrogen-bond acceptors (Lipinski definition) is 1. The average Bonchev–Trinajstić information content (AvgIpc) is 2.14. The van der Waals surface area contributed by atoms with Crippen molar-refractivity contribution < 1.29 is 4.39 Å². The van der Waals surface area contributed by atoms with E-state index in [-0.39, 0.29) is 5.82 Å². The summed E-state index contributed by atoms with van der Waals surface area (Å²) in [7, 11) is 1.84. The van der Waals surface area contributed by atoms with E-state index in [1.165, 1.54) is 6.07 Å². The van der Waals surface area contributed by atoms with Crippen molar-refractivity contribution in [2.75, 3.05) is 13.6 Å². The van der Waals surface area contributed by atoms with Crippen LogP contribution < -0.4 is 5.32 Å². The molecular weight excluding hydrogens is 201 g/mol. The summed E-state index contributed by atoms with van der Waals surface area (Å²) in [6.07, 6.45) is 3.61. The van der Waals surface area contributed by atoms with Crippen molar-refractivity contribution in [3.8, 4) is 0 Å². The Morgan fingerprint density at radius 2 is 2.21 bits per heavy atom. The van der Waals surface area contributed by atoms with Crippen LogP contribution in [0.5, 0.6) is 0 Å². The van der Waals surface area contributed by atoms with Gasteiger partial charge in [0.1, 0.15) is 5.82 Å². The van der Waals surface area contributed by atoms with Crippen LogP contribution in [0.3, 0.4) is 0 Å². The highest BCUT2D eigenvalue weighted by Gasteiger charge is 2.02. The normalized spacial score (nSPS) is 11.1. The van der Waals surface area contributed by atoms with Crippen molar-refractivity contribution in [1.82, 2.24) is 5.32 Å². The second-order valence-electron chi connectivity index (χ2n) is 3.08. The molecule has 0 unspecified atom stereocenters. The standard InChI is InChI=1S/C11H13ClFN/c1-8-6-9(4-3-5-14-2)11(13)7-10(8)12/h3-4,6-7,14H,5H2,1-2H3. The van der Waals surface area contributed by atoms with Gasteiger partial charge in [-0.25, -0.2) is 4.39 Å². The van der Waals surface area contributed by atoms with Gasteiger partial charge in [-0.15, -0.1) is 0 Å². The predicted octanol–water partition coefficient (Wildman–Crippen LogP) is 3.02. The van der Waals surface area contributed by atoms with Gasteiger partial charge in [0.2, 0.25) is 0 Å². The molecule has 0 aromatic heterocycles. The molecule has 0 aliphatic heterocycles. The summed E-state index contributed by atoms with van der Waals surface area (Å²) < 4.78 is 13.3. The van der Waals surface area contributed by atoms with Gasteiger partial charge in [0.25, 0.3) is 0 Å². The molecule has 0 aliphatic carbocycles. The fourth-order valence-electron chi connectivity index (χ4n) is 1.11. The molecule has 0 atom stereocenters. The third kappa shape index (κ3) is 2.82. The van der Waals surface area contributed by atoms with Crippen molar-refractivity contribution in [2.24, 2.45) is 0 Å². The minimum absolute atomic E-state index is 0.284. The van der Waals surface area contributed by atoms with Gasteiger partial charge in [0.15, 0.2) is 0 Å². The lowest BCUT2D eigenvalue weighted by Crippen LogP contribution is -2.03. The Morgan fingerprint density at radius 1 is 1.50 bits per heavy atom. The molecule has 1 rings (SSSR count). The summed E-state index contributed by atoms with van der Waals surface area (Å²) in [5, 5.41) is 3.41. The third-order valence-electron chi connectivity index (χ3n) is 1.90. The van der Waals surface area contributed by atoms with Crippen LogP contribution in [0.25, 0.3) is 6.08 Å². The number of nitrogens with one attached hydrogen (secondary N) is 1. The molecule has 0 heterocycles. The van der Waals surface area contributed by atoms with E-state index in [2.05, 4.69) is 5.32 Å². The monoisotopic (exact) mass is 213 g/mol. The molecule has 1 aromatic carbocycles. The zero-order valence-electron chi connectivity index (χ0n) is 8.27. The molecule has 76 valence electrons. The van der Waals surface area contributed by atoms with Gasteiger partial charge < -0.3 is 5.32 Å². The van der Waals surface area contributed by atoms with Gasteiger partial charge in [-0.1, -0.05) is 23.8 Å². The van der Waals surface area contributed by atoms with Gasteiger partial charge in [0, 0.05) is 17.1 Å². The number of hydrogen-bond donors (Lipinski definition) is 1. The Bertz CT molecular complexity index is 347. The SMILES string of the molecule is CNCC=Cc1cc(C)c(Cl)cc1F. The van der Waals surface area contributed by atoms with E-state index >= 15 is 0 Å². The second kappa shape index (κ2) is 5.13. The molecule has 14 heavy (non-hydrogen) atoms. The maximum absolute atomic E-state index is 13.3. The largest absolute Gasteiger partial charge is 0.316 e. The first-order valence-electron chi connectivity index (χ1n) is 4.42. The zero-order chi connectivity index (χ0) is 10.6. The molecule has 0 aliphatic rings. The van der Waals surface area contributed by atoms with E-state index in [0.717, 1.165) is 12.1 Å². The van der Waals surface area contributed by atoms with Gasteiger partial charge in [-0.2, -0.15) is 0 Å². The van der Waals surface area contributed by atoms with E-state index in [1.54, 1.807) is 12.1 Å². The lowest BCUT2D eigenvalue weighted by Gasteiger charge is -2.01. The highest BCUT2D eigenvalue weighted by atomic mass is 35.5. The van der Waals surface area contributed by atoms with Crippen LogP contribution in [0.2, 0.25) is 5.02 Å². The molecule has 0 radical (unpaired) electrons. The zero-order valence-corrected chi connectivity index (χ0v) is 9.03. The van der Waals surface area contributed by atoms with Crippen molar-refractivity contribution in [1.29, 1.82) is 0 Å². The summed E-state index contributed by atoms with van der Waals surface area (Å²) >= 11 is 5.77. The van der Waals surface area contributed by atoms with E-state index in [4.69, 9.17) is 11.6 Å². The van der Waals surface area contributed by atoms with E-state index in [9.17, 15) is 4.39 Å². The average molecular weight is 214 g/mol. The Balaban J connectivity index is 2.92. The van der Waals surface area contributed by atoms with Crippen LogP contribution in [-0.4, -0.2) is 13.6 Å². The van der Waals surface area contributed by atoms with Gasteiger partial charge in [0.05, 0.1) is 0 Å². The molecule has 0 amide bonds. The minimum Gasteiger partial charge on any atom is -0.316 e. The molecular formula is C11H13ClFN. The highest BCUT2D eigenvalue weighted by Crippen LogP contribution is 2.20. The summed E-state index contributed by atoms with van der Waals surface area (Å²) in [5.41, 5.74) is 1.46. The first-order valence-corrected chi connectivity index (χ1v) is 4.79. The van der Waals surface area contributed by atoms with E-state index in [1.807, 2.05) is 20.0 Å². The van der Waals surface area contributed by atoms with Crippen LogP contribution >= 0.6 is 11.6 Å². The Kier molecular flexibility index (Phi) is 4.11. The van der Waals surface area contributed by atoms with Crippen LogP contribution in [0.15, 0.2) is 18.2 Å². The molecule has 0 fully saturated rings. The summed E-state index contributed by atoms with van der Waals surface area (Å²) in [4.78, 5) is 0. The molecule has 1 aromatic rings. The maximum atomic E-state index is 13.3. The minimum atomic E-state index is -0.284. The van der Waals surface area contributed by atoms with E-state index < -0.39 is 0 Å². The van der Waals surface area contributed by atoms with Crippen LogP contribution in [-0.2, 0) is 0 Å². The molecule has 0 saturated carbocycles.